The second-order valence-corrected chi connectivity index (χ2v) is 5.39. The summed E-state index contributed by atoms with van der Waals surface area (Å²) >= 11 is 0. The quantitative estimate of drug-likeness (QED) is 0.610. The van der Waals surface area contributed by atoms with Gasteiger partial charge in [-0.3, -0.25) is 0 Å². The topological polar surface area (TPSA) is 9.23 Å². The molecule has 0 bridgehead atoms. The SMILES string of the molecule is COc1ccc(-c2ccc(-c3ccc(F)cc3)c(F)c2)cc1C. The Morgan fingerprint density at radius 2 is 1.35 bits per heavy atom. The van der Waals surface area contributed by atoms with Crippen molar-refractivity contribution >= 4 is 0 Å². The summed E-state index contributed by atoms with van der Waals surface area (Å²) in [5.41, 5.74) is 3.82. The molecule has 0 atom stereocenters. The number of hydrogen-bond donors (Lipinski definition) is 0. The molecule has 0 spiro atoms. The van der Waals surface area contributed by atoms with E-state index in [-0.39, 0.29) is 11.6 Å². The molecule has 3 aromatic carbocycles. The summed E-state index contributed by atoms with van der Waals surface area (Å²) < 4.78 is 32.7. The first kappa shape index (κ1) is 15.2. The average Bonchev–Trinajstić information content (AvgIpc) is 2.55. The van der Waals surface area contributed by atoms with Gasteiger partial charge in [0, 0.05) is 5.56 Å². The maximum Gasteiger partial charge on any atom is 0.131 e. The third-order valence-corrected chi connectivity index (χ3v) is 3.85. The highest BCUT2D eigenvalue weighted by Crippen LogP contribution is 2.30. The minimum atomic E-state index is -0.334. The van der Waals surface area contributed by atoms with Crippen molar-refractivity contribution in [2.45, 2.75) is 6.92 Å². The number of ether oxygens (including phenoxy) is 1. The summed E-state index contributed by atoms with van der Waals surface area (Å²) in [7, 11) is 1.62. The lowest BCUT2D eigenvalue weighted by atomic mass is 9.98. The fourth-order valence-corrected chi connectivity index (χ4v) is 2.62. The summed E-state index contributed by atoms with van der Waals surface area (Å²) in [6.07, 6.45) is 0. The van der Waals surface area contributed by atoms with Gasteiger partial charge in [-0.15, -0.1) is 0 Å². The molecule has 3 rings (SSSR count). The lowest BCUT2D eigenvalue weighted by Crippen LogP contribution is -1.90. The second kappa shape index (κ2) is 6.21. The monoisotopic (exact) mass is 310 g/mol. The zero-order valence-electron chi connectivity index (χ0n) is 12.9. The maximum atomic E-state index is 14.4. The van der Waals surface area contributed by atoms with Crippen LogP contribution in [0, 0.1) is 18.6 Å². The molecule has 0 aliphatic carbocycles. The van der Waals surface area contributed by atoms with Gasteiger partial charge < -0.3 is 4.74 Å². The Balaban J connectivity index is 1.99. The van der Waals surface area contributed by atoms with E-state index in [1.165, 1.54) is 18.2 Å². The highest BCUT2D eigenvalue weighted by Gasteiger charge is 2.09. The predicted octanol–water partition coefficient (Wildman–Crippen LogP) is 5.62. The van der Waals surface area contributed by atoms with Crippen molar-refractivity contribution in [1.29, 1.82) is 0 Å². The van der Waals surface area contributed by atoms with Gasteiger partial charge in [0.1, 0.15) is 17.4 Å². The minimum Gasteiger partial charge on any atom is -0.496 e. The first-order valence-electron chi connectivity index (χ1n) is 7.29. The molecular formula is C20H16F2O. The van der Waals surface area contributed by atoms with E-state index in [2.05, 4.69) is 0 Å². The normalized spacial score (nSPS) is 10.6. The molecule has 1 nitrogen and oxygen atoms in total. The molecule has 0 saturated heterocycles. The molecule has 0 aliphatic rings. The zero-order valence-corrected chi connectivity index (χ0v) is 12.9. The highest BCUT2D eigenvalue weighted by atomic mass is 19.1. The number of halogens is 2. The van der Waals surface area contributed by atoms with Crippen LogP contribution in [-0.2, 0) is 0 Å². The first-order valence-corrected chi connectivity index (χ1v) is 7.29. The van der Waals surface area contributed by atoms with E-state index in [0.29, 0.717) is 11.1 Å². The van der Waals surface area contributed by atoms with Gasteiger partial charge in [-0.05, 0) is 59.5 Å². The van der Waals surface area contributed by atoms with Crippen LogP contribution in [0.15, 0.2) is 60.7 Å². The van der Waals surface area contributed by atoms with Gasteiger partial charge in [0.15, 0.2) is 0 Å². The molecule has 3 heteroatoms. The third-order valence-electron chi connectivity index (χ3n) is 3.85. The Bertz CT molecular complexity index is 839. The third kappa shape index (κ3) is 3.09. The highest BCUT2D eigenvalue weighted by molar-refractivity contribution is 5.71. The Morgan fingerprint density at radius 3 is 1.96 bits per heavy atom. The zero-order chi connectivity index (χ0) is 16.4. The van der Waals surface area contributed by atoms with E-state index in [4.69, 9.17) is 4.74 Å². The van der Waals surface area contributed by atoms with Crippen LogP contribution >= 0.6 is 0 Å². The summed E-state index contributed by atoms with van der Waals surface area (Å²) in [6.45, 7) is 1.95. The molecule has 0 fully saturated rings. The van der Waals surface area contributed by atoms with E-state index >= 15 is 0 Å². The number of benzene rings is 3. The molecule has 3 aromatic rings. The van der Waals surface area contributed by atoms with Crippen LogP contribution in [0.4, 0.5) is 8.78 Å². The van der Waals surface area contributed by atoms with E-state index in [0.717, 1.165) is 22.4 Å². The van der Waals surface area contributed by atoms with Crippen LogP contribution < -0.4 is 4.74 Å². The molecule has 0 unspecified atom stereocenters. The molecule has 0 aromatic heterocycles. The minimum absolute atomic E-state index is 0.331. The molecule has 0 N–H and O–H groups in total. The van der Waals surface area contributed by atoms with Crippen molar-refractivity contribution in [3.63, 3.8) is 0 Å². The van der Waals surface area contributed by atoms with Gasteiger partial charge >= 0.3 is 0 Å². The molecule has 0 radical (unpaired) electrons. The molecule has 0 saturated carbocycles. The lowest BCUT2D eigenvalue weighted by Gasteiger charge is -2.10. The van der Waals surface area contributed by atoms with Crippen LogP contribution in [0.5, 0.6) is 5.75 Å². The van der Waals surface area contributed by atoms with Crippen LogP contribution in [0.1, 0.15) is 5.56 Å². The number of rotatable bonds is 3. The van der Waals surface area contributed by atoms with Crippen molar-refractivity contribution in [3.8, 4) is 28.0 Å². The summed E-state index contributed by atoms with van der Waals surface area (Å²) in [4.78, 5) is 0. The first-order chi connectivity index (χ1) is 11.1. The molecular weight excluding hydrogens is 294 g/mol. The Labute approximate surface area is 134 Å². The van der Waals surface area contributed by atoms with Crippen LogP contribution in [-0.4, -0.2) is 7.11 Å². The summed E-state index contributed by atoms with van der Waals surface area (Å²) in [5, 5.41) is 0. The standard InChI is InChI=1S/C20H16F2O/c1-13-11-15(6-10-20(13)23-2)16-5-9-18(19(22)12-16)14-3-7-17(21)8-4-14/h3-12H,1-2H3. The van der Waals surface area contributed by atoms with Gasteiger partial charge in [-0.25, -0.2) is 8.78 Å². The predicted molar refractivity (Wildman–Crippen MR) is 88.5 cm³/mol. The smallest absolute Gasteiger partial charge is 0.131 e. The van der Waals surface area contributed by atoms with Gasteiger partial charge in [0.2, 0.25) is 0 Å². The van der Waals surface area contributed by atoms with Crippen molar-refractivity contribution in [3.05, 3.63) is 77.9 Å². The largest absolute Gasteiger partial charge is 0.496 e. The van der Waals surface area contributed by atoms with Gasteiger partial charge in [0.05, 0.1) is 7.11 Å². The number of methoxy groups -OCH3 is 1. The molecule has 0 heterocycles. The average molecular weight is 310 g/mol. The Hall–Kier alpha value is -2.68. The van der Waals surface area contributed by atoms with E-state index in [1.54, 1.807) is 25.3 Å². The Morgan fingerprint density at radius 1 is 0.739 bits per heavy atom. The van der Waals surface area contributed by atoms with E-state index in [1.807, 2.05) is 31.2 Å². The van der Waals surface area contributed by atoms with Crippen LogP contribution in [0.2, 0.25) is 0 Å². The van der Waals surface area contributed by atoms with Crippen molar-refractivity contribution in [1.82, 2.24) is 0 Å². The van der Waals surface area contributed by atoms with E-state index in [9.17, 15) is 8.78 Å². The molecule has 0 aliphatic heterocycles. The second-order valence-electron chi connectivity index (χ2n) is 5.39. The maximum absolute atomic E-state index is 14.4. The van der Waals surface area contributed by atoms with Crippen molar-refractivity contribution < 1.29 is 13.5 Å². The van der Waals surface area contributed by atoms with Crippen LogP contribution in [0.3, 0.4) is 0 Å². The van der Waals surface area contributed by atoms with E-state index < -0.39 is 0 Å². The van der Waals surface area contributed by atoms with Gasteiger partial charge in [-0.2, -0.15) is 0 Å². The molecule has 0 amide bonds. The molecule has 23 heavy (non-hydrogen) atoms. The Kier molecular flexibility index (Phi) is 4.11. The fraction of sp³-hybridized carbons (Fsp3) is 0.100. The summed E-state index contributed by atoms with van der Waals surface area (Å²) in [5.74, 6) is 0.138. The van der Waals surface area contributed by atoms with Crippen molar-refractivity contribution in [2.24, 2.45) is 0 Å². The number of hydrogen-bond acceptors (Lipinski definition) is 1. The summed E-state index contributed by atoms with van der Waals surface area (Å²) in [6, 6.07) is 16.6. The molecule has 116 valence electrons. The number of aryl methyl sites for hydroxylation is 1. The van der Waals surface area contributed by atoms with Crippen LogP contribution in [0.25, 0.3) is 22.3 Å². The van der Waals surface area contributed by atoms with Crippen molar-refractivity contribution in [2.75, 3.05) is 7.11 Å². The van der Waals surface area contributed by atoms with Gasteiger partial charge in [0.25, 0.3) is 0 Å². The van der Waals surface area contributed by atoms with Gasteiger partial charge in [-0.1, -0.05) is 30.3 Å². The fourth-order valence-electron chi connectivity index (χ4n) is 2.62. The lowest BCUT2D eigenvalue weighted by molar-refractivity contribution is 0.412.